The lowest BCUT2D eigenvalue weighted by Crippen LogP contribution is -2.27. The van der Waals surface area contributed by atoms with Crippen LogP contribution in [0.1, 0.15) is 38.8 Å². The second-order valence-corrected chi connectivity index (χ2v) is 4.95. The third-order valence-corrected chi connectivity index (χ3v) is 3.02. The summed E-state index contributed by atoms with van der Waals surface area (Å²) in [6.07, 6.45) is 9.18. The molecule has 1 aromatic rings. The minimum absolute atomic E-state index is 0.121. The van der Waals surface area contributed by atoms with E-state index in [0.717, 1.165) is 24.7 Å². The molecule has 3 heteroatoms. The number of hydrogen-bond donors (Lipinski definition) is 1. The third kappa shape index (κ3) is 2.99. The summed E-state index contributed by atoms with van der Waals surface area (Å²) >= 11 is 0. The number of aromatic nitrogens is 2. The quantitative estimate of drug-likeness (QED) is 0.797. The fourth-order valence-corrected chi connectivity index (χ4v) is 1.65. The topological polar surface area (TPSA) is 37.8 Å². The zero-order valence-corrected chi connectivity index (χ0v) is 9.53. The molecule has 15 heavy (non-hydrogen) atoms. The van der Waals surface area contributed by atoms with Crippen molar-refractivity contribution in [2.45, 2.75) is 44.6 Å². The van der Waals surface area contributed by atoms with Crippen LogP contribution in [0.4, 0.5) is 0 Å². The number of rotatable bonds is 5. The normalized spacial score (nSPS) is 16.7. The zero-order chi connectivity index (χ0) is 10.7. The Morgan fingerprint density at radius 2 is 2.20 bits per heavy atom. The lowest BCUT2D eigenvalue weighted by Gasteiger charge is -2.23. The van der Waals surface area contributed by atoms with Crippen molar-refractivity contribution in [3.8, 4) is 0 Å². The van der Waals surface area contributed by atoms with E-state index in [1.165, 1.54) is 12.8 Å². The molecule has 0 aromatic carbocycles. The van der Waals surface area contributed by atoms with Crippen LogP contribution in [-0.2, 0) is 5.41 Å². The van der Waals surface area contributed by atoms with Crippen molar-refractivity contribution in [2.24, 2.45) is 0 Å². The van der Waals surface area contributed by atoms with Crippen LogP contribution in [0.2, 0.25) is 0 Å². The van der Waals surface area contributed by atoms with Gasteiger partial charge in [0.25, 0.3) is 0 Å². The van der Waals surface area contributed by atoms with Gasteiger partial charge in [-0.2, -0.15) is 0 Å². The van der Waals surface area contributed by atoms with Gasteiger partial charge >= 0.3 is 0 Å². The maximum Gasteiger partial charge on any atom is 0.0643 e. The first-order chi connectivity index (χ1) is 7.18. The molecule has 0 bridgehead atoms. The Hall–Kier alpha value is -0.960. The smallest absolute Gasteiger partial charge is 0.0643 e. The van der Waals surface area contributed by atoms with Crippen molar-refractivity contribution in [1.29, 1.82) is 0 Å². The molecule has 82 valence electrons. The summed E-state index contributed by atoms with van der Waals surface area (Å²) in [6.45, 7) is 5.53. The van der Waals surface area contributed by atoms with Crippen molar-refractivity contribution < 1.29 is 0 Å². The van der Waals surface area contributed by atoms with Gasteiger partial charge in [-0.15, -0.1) is 0 Å². The lowest BCUT2D eigenvalue weighted by atomic mass is 9.86. The predicted molar refractivity (Wildman–Crippen MR) is 60.7 cm³/mol. The van der Waals surface area contributed by atoms with Crippen LogP contribution in [-0.4, -0.2) is 22.6 Å². The van der Waals surface area contributed by atoms with Gasteiger partial charge in [0.05, 0.1) is 5.69 Å². The summed E-state index contributed by atoms with van der Waals surface area (Å²) < 4.78 is 0. The van der Waals surface area contributed by atoms with Crippen LogP contribution >= 0.6 is 0 Å². The Labute approximate surface area is 91.3 Å². The van der Waals surface area contributed by atoms with Gasteiger partial charge in [0, 0.05) is 30.0 Å². The first-order valence-corrected chi connectivity index (χ1v) is 5.68. The minimum Gasteiger partial charge on any atom is -0.314 e. The van der Waals surface area contributed by atoms with E-state index in [-0.39, 0.29) is 5.41 Å². The van der Waals surface area contributed by atoms with Gasteiger partial charge in [-0.05, 0) is 25.8 Å². The molecule has 1 fully saturated rings. The highest BCUT2D eigenvalue weighted by molar-refractivity contribution is 5.09. The SMILES string of the molecule is CC(C)(CCNC1CC1)c1cnccn1. The fourth-order valence-electron chi connectivity index (χ4n) is 1.65. The number of nitrogens with one attached hydrogen (secondary N) is 1. The van der Waals surface area contributed by atoms with E-state index in [9.17, 15) is 0 Å². The Balaban J connectivity index is 1.87. The van der Waals surface area contributed by atoms with Gasteiger partial charge in [-0.25, -0.2) is 0 Å². The zero-order valence-electron chi connectivity index (χ0n) is 9.53. The van der Waals surface area contributed by atoms with Crippen molar-refractivity contribution in [1.82, 2.24) is 15.3 Å². The summed E-state index contributed by atoms with van der Waals surface area (Å²) in [4.78, 5) is 8.50. The Bertz CT molecular complexity index is 304. The highest BCUT2D eigenvalue weighted by atomic mass is 14.9. The molecular formula is C12H19N3. The van der Waals surface area contributed by atoms with E-state index in [1.807, 2.05) is 6.20 Å². The van der Waals surface area contributed by atoms with E-state index >= 15 is 0 Å². The molecular weight excluding hydrogens is 186 g/mol. The molecule has 2 rings (SSSR count). The van der Waals surface area contributed by atoms with Crippen LogP contribution < -0.4 is 5.32 Å². The molecule has 1 aliphatic carbocycles. The van der Waals surface area contributed by atoms with Crippen LogP contribution in [0, 0.1) is 0 Å². The largest absolute Gasteiger partial charge is 0.314 e. The molecule has 1 aromatic heterocycles. The summed E-state index contributed by atoms with van der Waals surface area (Å²) in [5.74, 6) is 0. The third-order valence-electron chi connectivity index (χ3n) is 3.02. The Morgan fingerprint density at radius 1 is 1.40 bits per heavy atom. The first-order valence-electron chi connectivity index (χ1n) is 5.68. The standard InChI is InChI=1S/C12H19N3/c1-12(2,5-6-14-10-3-4-10)11-9-13-7-8-15-11/h7-10,14H,3-6H2,1-2H3. The maximum absolute atomic E-state index is 4.37. The molecule has 0 saturated heterocycles. The Morgan fingerprint density at radius 3 is 2.80 bits per heavy atom. The van der Waals surface area contributed by atoms with Gasteiger partial charge in [0.15, 0.2) is 0 Å². The molecule has 0 atom stereocenters. The summed E-state index contributed by atoms with van der Waals surface area (Å²) in [5, 5.41) is 3.53. The van der Waals surface area contributed by atoms with Crippen LogP contribution in [0.3, 0.4) is 0 Å². The van der Waals surface area contributed by atoms with E-state index in [1.54, 1.807) is 12.4 Å². The highest BCUT2D eigenvalue weighted by Crippen LogP contribution is 2.25. The first kappa shape index (κ1) is 10.6. The minimum atomic E-state index is 0.121. The highest BCUT2D eigenvalue weighted by Gasteiger charge is 2.24. The van der Waals surface area contributed by atoms with Gasteiger partial charge in [0.1, 0.15) is 0 Å². The van der Waals surface area contributed by atoms with Gasteiger partial charge in [-0.3, -0.25) is 9.97 Å². The van der Waals surface area contributed by atoms with Crippen LogP contribution in [0.15, 0.2) is 18.6 Å². The monoisotopic (exact) mass is 205 g/mol. The summed E-state index contributed by atoms with van der Waals surface area (Å²) in [6, 6.07) is 0.794. The molecule has 1 aliphatic rings. The molecule has 0 aliphatic heterocycles. The lowest BCUT2D eigenvalue weighted by molar-refractivity contribution is 0.443. The van der Waals surface area contributed by atoms with E-state index < -0.39 is 0 Å². The van der Waals surface area contributed by atoms with E-state index in [4.69, 9.17) is 0 Å². The predicted octanol–water partition coefficient (Wildman–Crippen LogP) is 1.90. The number of hydrogen-bond acceptors (Lipinski definition) is 3. The average molecular weight is 205 g/mol. The van der Waals surface area contributed by atoms with Crippen molar-refractivity contribution in [3.05, 3.63) is 24.3 Å². The van der Waals surface area contributed by atoms with E-state index in [2.05, 4.69) is 29.1 Å². The number of nitrogens with zero attached hydrogens (tertiary/aromatic N) is 2. The van der Waals surface area contributed by atoms with Crippen molar-refractivity contribution in [2.75, 3.05) is 6.54 Å². The molecule has 0 spiro atoms. The molecule has 1 heterocycles. The molecule has 0 amide bonds. The average Bonchev–Trinajstić information content (AvgIpc) is 3.03. The molecule has 1 N–H and O–H groups in total. The van der Waals surface area contributed by atoms with E-state index in [0.29, 0.717) is 0 Å². The second-order valence-electron chi connectivity index (χ2n) is 4.95. The maximum atomic E-state index is 4.37. The van der Waals surface area contributed by atoms with Crippen molar-refractivity contribution in [3.63, 3.8) is 0 Å². The second kappa shape index (κ2) is 4.27. The molecule has 0 radical (unpaired) electrons. The van der Waals surface area contributed by atoms with Gasteiger partial charge in [-0.1, -0.05) is 13.8 Å². The Kier molecular flexibility index (Phi) is 3.00. The summed E-state index contributed by atoms with van der Waals surface area (Å²) in [7, 11) is 0. The fraction of sp³-hybridized carbons (Fsp3) is 0.667. The molecule has 0 unspecified atom stereocenters. The summed E-state index contributed by atoms with van der Waals surface area (Å²) in [5.41, 5.74) is 1.21. The van der Waals surface area contributed by atoms with Crippen molar-refractivity contribution >= 4 is 0 Å². The van der Waals surface area contributed by atoms with Crippen LogP contribution in [0.25, 0.3) is 0 Å². The molecule has 1 saturated carbocycles. The molecule has 3 nitrogen and oxygen atoms in total. The van der Waals surface area contributed by atoms with Gasteiger partial charge < -0.3 is 5.32 Å². The van der Waals surface area contributed by atoms with Gasteiger partial charge in [0.2, 0.25) is 0 Å². The van der Waals surface area contributed by atoms with Crippen LogP contribution in [0.5, 0.6) is 0 Å².